The number of hydrogen-bond donors (Lipinski definition) is 1. The van der Waals surface area contributed by atoms with E-state index in [4.69, 9.17) is 16.7 Å². The van der Waals surface area contributed by atoms with Crippen LogP contribution in [-0.2, 0) is 6.54 Å². The van der Waals surface area contributed by atoms with Crippen LogP contribution in [0.5, 0.6) is 0 Å². The third-order valence-electron chi connectivity index (χ3n) is 2.38. The highest BCUT2D eigenvalue weighted by molar-refractivity contribution is 6.30. The van der Waals surface area contributed by atoms with E-state index in [0.29, 0.717) is 23.3 Å². The van der Waals surface area contributed by atoms with E-state index in [1.807, 2.05) is 6.92 Å². The largest absolute Gasteiger partial charge is 0.478 e. The summed E-state index contributed by atoms with van der Waals surface area (Å²) >= 11 is 5.79. The van der Waals surface area contributed by atoms with Crippen molar-refractivity contribution in [2.45, 2.75) is 20.4 Å². The molecule has 0 saturated carbocycles. The van der Waals surface area contributed by atoms with Gasteiger partial charge in [0.05, 0.1) is 16.6 Å². The van der Waals surface area contributed by atoms with Crippen LogP contribution < -0.4 is 0 Å². The third kappa shape index (κ3) is 1.53. The minimum Gasteiger partial charge on any atom is -0.478 e. The standard InChI is InChI=1S/C10H10ClN3O2/c1-3-14-9-8(5(2)13-14)6(10(15)16)4-7(11)12-9/h4H,3H2,1-2H3,(H,15,16). The van der Waals surface area contributed by atoms with Gasteiger partial charge in [-0.3, -0.25) is 0 Å². The van der Waals surface area contributed by atoms with Gasteiger partial charge in [-0.2, -0.15) is 5.10 Å². The van der Waals surface area contributed by atoms with Gasteiger partial charge in [-0.1, -0.05) is 11.6 Å². The lowest BCUT2D eigenvalue weighted by Crippen LogP contribution is -2.01. The predicted octanol–water partition coefficient (Wildman–Crippen LogP) is 2.11. The van der Waals surface area contributed by atoms with Crippen LogP contribution in [0.3, 0.4) is 0 Å². The Hall–Kier alpha value is -1.62. The maximum atomic E-state index is 11.1. The number of carboxylic acid groups (broad SMARTS) is 1. The summed E-state index contributed by atoms with van der Waals surface area (Å²) in [5.74, 6) is -1.02. The van der Waals surface area contributed by atoms with Crippen molar-refractivity contribution in [1.29, 1.82) is 0 Å². The molecule has 2 aromatic rings. The Morgan fingerprint density at radius 3 is 2.88 bits per heavy atom. The van der Waals surface area contributed by atoms with E-state index in [2.05, 4.69) is 10.1 Å². The van der Waals surface area contributed by atoms with Gasteiger partial charge in [0.1, 0.15) is 5.15 Å². The number of aromatic carboxylic acids is 1. The fraction of sp³-hybridized carbons (Fsp3) is 0.300. The lowest BCUT2D eigenvalue weighted by molar-refractivity contribution is 0.0699. The maximum Gasteiger partial charge on any atom is 0.336 e. The maximum absolute atomic E-state index is 11.1. The average Bonchev–Trinajstić information content (AvgIpc) is 2.54. The summed E-state index contributed by atoms with van der Waals surface area (Å²) in [6.45, 7) is 4.29. The Morgan fingerprint density at radius 2 is 2.31 bits per heavy atom. The van der Waals surface area contributed by atoms with Crippen LogP contribution in [0.1, 0.15) is 23.0 Å². The number of carbonyl (C=O) groups is 1. The van der Waals surface area contributed by atoms with Gasteiger partial charge in [-0.25, -0.2) is 14.5 Å². The molecule has 2 rings (SSSR count). The monoisotopic (exact) mass is 239 g/mol. The van der Waals surface area contributed by atoms with E-state index in [1.165, 1.54) is 6.07 Å². The molecular formula is C10H10ClN3O2. The first kappa shape index (κ1) is 10.9. The van der Waals surface area contributed by atoms with Gasteiger partial charge in [-0.15, -0.1) is 0 Å². The Balaban J connectivity index is 2.91. The van der Waals surface area contributed by atoms with E-state index in [9.17, 15) is 4.79 Å². The second-order valence-electron chi connectivity index (χ2n) is 3.40. The quantitative estimate of drug-likeness (QED) is 0.815. The van der Waals surface area contributed by atoms with Crippen LogP contribution in [0.15, 0.2) is 6.07 Å². The first-order chi connectivity index (χ1) is 7.54. The van der Waals surface area contributed by atoms with Gasteiger partial charge in [0.25, 0.3) is 0 Å². The van der Waals surface area contributed by atoms with Gasteiger partial charge < -0.3 is 5.11 Å². The number of rotatable bonds is 2. The molecule has 1 N–H and O–H groups in total. The summed E-state index contributed by atoms with van der Waals surface area (Å²) in [6.07, 6.45) is 0. The summed E-state index contributed by atoms with van der Waals surface area (Å²) < 4.78 is 1.64. The number of aromatic nitrogens is 3. The second-order valence-corrected chi connectivity index (χ2v) is 3.78. The summed E-state index contributed by atoms with van der Waals surface area (Å²) in [5.41, 5.74) is 1.32. The van der Waals surface area contributed by atoms with Crippen LogP contribution in [-0.4, -0.2) is 25.8 Å². The second kappa shape index (κ2) is 3.75. The molecule has 0 aromatic carbocycles. The first-order valence-electron chi connectivity index (χ1n) is 4.81. The summed E-state index contributed by atoms with van der Waals surface area (Å²) in [6, 6.07) is 1.35. The Labute approximate surface area is 96.7 Å². The van der Waals surface area contributed by atoms with Crippen LogP contribution in [0, 0.1) is 6.92 Å². The number of carboxylic acids is 1. The molecule has 0 spiro atoms. The number of pyridine rings is 1. The molecule has 0 saturated heterocycles. The van der Waals surface area contributed by atoms with Gasteiger partial charge in [0.15, 0.2) is 5.65 Å². The summed E-state index contributed by atoms with van der Waals surface area (Å²) in [7, 11) is 0. The fourth-order valence-electron chi connectivity index (χ4n) is 1.71. The number of fused-ring (bicyclic) bond motifs is 1. The molecule has 0 aliphatic rings. The molecule has 6 heteroatoms. The number of hydrogen-bond acceptors (Lipinski definition) is 3. The molecule has 0 amide bonds. The topological polar surface area (TPSA) is 68.0 Å². The summed E-state index contributed by atoms with van der Waals surface area (Å²) in [4.78, 5) is 15.2. The van der Waals surface area contributed by atoms with Crippen molar-refractivity contribution in [1.82, 2.24) is 14.8 Å². The molecule has 0 unspecified atom stereocenters. The average molecular weight is 240 g/mol. The molecule has 0 fully saturated rings. The highest BCUT2D eigenvalue weighted by Gasteiger charge is 2.17. The molecule has 16 heavy (non-hydrogen) atoms. The minimum atomic E-state index is -1.02. The van der Waals surface area contributed by atoms with Gasteiger partial charge >= 0.3 is 5.97 Å². The van der Waals surface area contributed by atoms with E-state index < -0.39 is 5.97 Å². The molecule has 0 aliphatic carbocycles. The van der Waals surface area contributed by atoms with Crippen molar-refractivity contribution in [3.05, 3.63) is 22.5 Å². The van der Waals surface area contributed by atoms with E-state index in [1.54, 1.807) is 11.6 Å². The third-order valence-corrected chi connectivity index (χ3v) is 2.57. The molecule has 84 valence electrons. The molecule has 0 radical (unpaired) electrons. The highest BCUT2D eigenvalue weighted by Crippen LogP contribution is 2.24. The van der Waals surface area contributed by atoms with Crippen LogP contribution in [0.4, 0.5) is 0 Å². The Morgan fingerprint density at radius 1 is 1.62 bits per heavy atom. The van der Waals surface area contributed by atoms with Gasteiger partial charge in [0.2, 0.25) is 0 Å². The molecule has 2 aromatic heterocycles. The molecule has 0 bridgehead atoms. The van der Waals surface area contributed by atoms with Crippen molar-refractivity contribution in [2.24, 2.45) is 0 Å². The van der Waals surface area contributed by atoms with E-state index in [0.717, 1.165) is 0 Å². The lowest BCUT2D eigenvalue weighted by atomic mass is 10.1. The number of nitrogens with zero attached hydrogens (tertiary/aromatic N) is 3. The molecule has 5 nitrogen and oxygen atoms in total. The normalized spacial score (nSPS) is 10.9. The van der Waals surface area contributed by atoms with Gasteiger partial charge in [0, 0.05) is 6.54 Å². The van der Waals surface area contributed by atoms with Crippen LogP contribution in [0.25, 0.3) is 11.0 Å². The van der Waals surface area contributed by atoms with Crippen molar-refractivity contribution < 1.29 is 9.90 Å². The van der Waals surface area contributed by atoms with Crippen molar-refractivity contribution in [2.75, 3.05) is 0 Å². The van der Waals surface area contributed by atoms with Crippen LogP contribution in [0.2, 0.25) is 5.15 Å². The molecule has 0 aliphatic heterocycles. The predicted molar refractivity (Wildman–Crippen MR) is 59.9 cm³/mol. The Kier molecular flexibility index (Phi) is 2.55. The smallest absolute Gasteiger partial charge is 0.336 e. The molecule has 2 heterocycles. The zero-order valence-corrected chi connectivity index (χ0v) is 9.62. The fourth-order valence-corrected chi connectivity index (χ4v) is 1.90. The highest BCUT2D eigenvalue weighted by atomic mass is 35.5. The van der Waals surface area contributed by atoms with Crippen molar-refractivity contribution in [3.63, 3.8) is 0 Å². The zero-order valence-electron chi connectivity index (χ0n) is 8.86. The van der Waals surface area contributed by atoms with E-state index >= 15 is 0 Å². The lowest BCUT2D eigenvalue weighted by Gasteiger charge is -2.00. The number of aryl methyl sites for hydroxylation is 2. The van der Waals surface area contributed by atoms with Crippen molar-refractivity contribution >= 4 is 28.6 Å². The zero-order chi connectivity index (χ0) is 11.9. The number of halogens is 1. The van der Waals surface area contributed by atoms with Gasteiger partial charge in [-0.05, 0) is 19.9 Å². The molecular weight excluding hydrogens is 230 g/mol. The SMILES string of the molecule is CCn1nc(C)c2c(C(=O)O)cc(Cl)nc21. The summed E-state index contributed by atoms with van der Waals surface area (Å²) in [5, 5.41) is 14.0. The first-order valence-corrected chi connectivity index (χ1v) is 5.19. The van der Waals surface area contributed by atoms with Crippen molar-refractivity contribution in [3.8, 4) is 0 Å². The molecule has 0 atom stereocenters. The minimum absolute atomic E-state index is 0.146. The van der Waals surface area contributed by atoms with E-state index in [-0.39, 0.29) is 10.7 Å². The Bertz CT molecular complexity index is 577. The van der Waals surface area contributed by atoms with Crippen LogP contribution >= 0.6 is 11.6 Å².